The summed E-state index contributed by atoms with van der Waals surface area (Å²) in [4.78, 5) is 12.0. The van der Waals surface area contributed by atoms with Gasteiger partial charge in [-0.25, -0.2) is 5.43 Å². The Morgan fingerprint density at radius 1 is 1.19 bits per heavy atom. The molecular formula is C21H19N5O. The first-order valence-corrected chi connectivity index (χ1v) is 8.68. The fourth-order valence-electron chi connectivity index (χ4n) is 3.04. The third-order valence-electron chi connectivity index (χ3n) is 4.32. The number of aromatic amines is 1. The molecule has 0 aliphatic carbocycles. The number of nitrogens with one attached hydrogen (secondary N) is 2. The Bertz CT molecular complexity index is 1110. The lowest BCUT2D eigenvalue weighted by Gasteiger charge is -2.05. The van der Waals surface area contributed by atoms with E-state index in [1.807, 2.05) is 43.5 Å². The van der Waals surface area contributed by atoms with Gasteiger partial charge in [0.05, 0.1) is 6.21 Å². The lowest BCUT2D eigenvalue weighted by atomic mass is 10.2. The number of aryl methyl sites for hydroxylation is 1. The monoisotopic (exact) mass is 357 g/mol. The summed E-state index contributed by atoms with van der Waals surface area (Å²) in [6.45, 7) is 2.61. The van der Waals surface area contributed by atoms with Gasteiger partial charge in [0, 0.05) is 34.9 Å². The van der Waals surface area contributed by atoms with Gasteiger partial charge in [-0.3, -0.25) is 9.89 Å². The first kappa shape index (κ1) is 16.8. The average Bonchev–Trinajstić information content (AvgIpc) is 3.27. The number of rotatable bonds is 5. The lowest BCUT2D eigenvalue weighted by Crippen LogP contribution is -2.17. The van der Waals surface area contributed by atoms with Crippen molar-refractivity contribution in [3.05, 3.63) is 89.4 Å². The van der Waals surface area contributed by atoms with Crippen LogP contribution in [0, 0.1) is 6.92 Å². The van der Waals surface area contributed by atoms with E-state index in [-0.39, 0.29) is 5.91 Å². The minimum Gasteiger partial charge on any atom is -0.342 e. The second kappa shape index (κ2) is 7.29. The summed E-state index contributed by atoms with van der Waals surface area (Å²) in [5.41, 5.74) is 6.96. The number of H-pyrrole nitrogens is 1. The molecule has 0 saturated carbocycles. The van der Waals surface area contributed by atoms with Crippen molar-refractivity contribution in [1.29, 1.82) is 0 Å². The molecule has 0 radical (unpaired) electrons. The fraction of sp³-hybridized carbons (Fsp3) is 0.0952. The van der Waals surface area contributed by atoms with Crippen LogP contribution >= 0.6 is 0 Å². The van der Waals surface area contributed by atoms with E-state index in [9.17, 15) is 4.79 Å². The molecule has 27 heavy (non-hydrogen) atoms. The van der Waals surface area contributed by atoms with Crippen molar-refractivity contribution in [2.75, 3.05) is 0 Å². The van der Waals surface area contributed by atoms with Crippen LogP contribution < -0.4 is 5.43 Å². The second-order valence-corrected chi connectivity index (χ2v) is 6.35. The Labute approximate surface area is 156 Å². The van der Waals surface area contributed by atoms with Crippen LogP contribution in [0.2, 0.25) is 0 Å². The van der Waals surface area contributed by atoms with Crippen LogP contribution in [-0.2, 0) is 6.54 Å². The summed E-state index contributed by atoms with van der Waals surface area (Å²) >= 11 is 0. The topological polar surface area (TPSA) is 75.1 Å². The van der Waals surface area contributed by atoms with Crippen molar-refractivity contribution in [2.45, 2.75) is 13.5 Å². The fourth-order valence-corrected chi connectivity index (χ4v) is 3.04. The van der Waals surface area contributed by atoms with Gasteiger partial charge < -0.3 is 4.57 Å². The van der Waals surface area contributed by atoms with Crippen LogP contribution in [0.25, 0.3) is 10.9 Å². The molecule has 2 aromatic heterocycles. The van der Waals surface area contributed by atoms with E-state index in [1.54, 1.807) is 12.3 Å². The van der Waals surface area contributed by atoms with E-state index in [2.05, 4.69) is 49.6 Å². The molecule has 0 saturated heterocycles. The molecule has 6 nitrogen and oxygen atoms in total. The molecule has 4 aromatic rings. The third-order valence-corrected chi connectivity index (χ3v) is 4.32. The molecule has 134 valence electrons. The molecule has 2 N–H and O–H groups in total. The standard InChI is InChI=1S/C21H19N5O/c1-15-11-19(24-23-15)21(27)25-22-12-17-14-26(13-16-7-3-2-4-8-16)20-10-6-5-9-18(17)20/h2-12,14H,13H2,1H3,(H,23,24)(H,25,27)/b22-12-. The number of hydrazone groups is 1. The maximum Gasteiger partial charge on any atom is 0.291 e. The Hall–Kier alpha value is -3.67. The smallest absolute Gasteiger partial charge is 0.291 e. The number of nitrogens with zero attached hydrogens (tertiary/aromatic N) is 3. The molecule has 1 amide bonds. The Balaban J connectivity index is 1.57. The Kier molecular flexibility index (Phi) is 4.53. The van der Waals surface area contributed by atoms with Crippen LogP contribution in [0.4, 0.5) is 0 Å². The van der Waals surface area contributed by atoms with Crippen molar-refractivity contribution in [3.8, 4) is 0 Å². The van der Waals surface area contributed by atoms with Gasteiger partial charge >= 0.3 is 0 Å². The molecule has 0 fully saturated rings. The molecule has 6 heteroatoms. The van der Waals surface area contributed by atoms with Crippen LogP contribution in [0.3, 0.4) is 0 Å². The van der Waals surface area contributed by atoms with Crippen LogP contribution in [0.1, 0.15) is 27.3 Å². The normalized spacial score (nSPS) is 11.3. The number of amides is 1. The molecule has 0 aliphatic heterocycles. The summed E-state index contributed by atoms with van der Waals surface area (Å²) in [7, 11) is 0. The average molecular weight is 357 g/mol. The van der Waals surface area contributed by atoms with Crippen molar-refractivity contribution in [2.24, 2.45) is 5.10 Å². The van der Waals surface area contributed by atoms with Gasteiger partial charge in [0.2, 0.25) is 0 Å². The van der Waals surface area contributed by atoms with Gasteiger partial charge in [-0.1, -0.05) is 48.5 Å². The highest BCUT2D eigenvalue weighted by Crippen LogP contribution is 2.21. The second-order valence-electron chi connectivity index (χ2n) is 6.35. The Morgan fingerprint density at radius 2 is 1.96 bits per heavy atom. The zero-order chi connectivity index (χ0) is 18.6. The molecule has 2 heterocycles. The highest BCUT2D eigenvalue weighted by atomic mass is 16.2. The number of hydrogen-bond donors (Lipinski definition) is 2. The maximum absolute atomic E-state index is 12.0. The predicted molar refractivity (Wildman–Crippen MR) is 106 cm³/mol. The highest BCUT2D eigenvalue weighted by Gasteiger charge is 2.09. The predicted octanol–water partition coefficient (Wildman–Crippen LogP) is 3.49. The molecule has 4 rings (SSSR count). The first-order valence-electron chi connectivity index (χ1n) is 8.68. The first-order chi connectivity index (χ1) is 13.2. The van der Waals surface area contributed by atoms with Crippen LogP contribution in [0.5, 0.6) is 0 Å². The van der Waals surface area contributed by atoms with E-state index in [0.29, 0.717) is 5.69 Å². The quantitative estimate of drug-likeness (QED) is 0.424. The SMILES string of the molecule is Cc1cc(C(=O)N/N=C\c2cn(Cc3ccccc3)c3ccccc23)n[nH]1. The van der Waals surface area contributed by atoms with Gasteiger partial charge in [0.1, 0.15) is 0 Å². The van der Waals surface area contributed by atoms with E-state index in [0.717, 1.165) is 28.7 Å². The van der Waals surface area contributed by atoms with Gasteiger partial charge in [0.15, 0.2) is 5.69 Å². The molecule has 2 aromatic carbocycles. The van der Waals surface area contributed by atoms with E-state index in [4.69, 9.17) is 0 Å². The van der Waals surface area contributed by atoms with Crippen molar-refractivity contribution in [1.82, 2.24) is 20.2 Å². The Morgan fingerprint density at radius 3 is 2.74 bits per heavy atom. The van der Waals surface area contributed by atoms with Crippen LogP contribution in [0.15, 0.2) is 72.0 Å². The van der Waals surface area contributed by atoms with Crippen molar-refractivity contribution >= 4 is 23.0 Å². The number of hydrogen-bond acceptors (Lipinski definition) is 3. The van der Waals surface area contributed by atoms with Gasteiger partial charge in [-0.15, -0.1) is 0 Å². The number of fused-ring (bicyclic) bond motifs is 1. The summed E-state index contributed by atoms with van der Waals surface area (Å²) in [6, 6.07) is 20.1. The van der Waals surface area contributed by atoms with E-state index >= 15 is 0 Å². The third kappa shape index (κ3) is 3.64. The van der Waals surface area contributed by atoms with E-state index in [1.165, 1.54) is 5.56 Å². The number of benzene rings is 2. The molecule has 0 spiro atoms. The number of carbonyl (C=O) groups excluding carboxylic acids is 1. The summed E-state index contributed by atoms with van der Waals surface area (Å²) in [5, 5.41) is 11.9. The number of para-hydroxylation sites is 1. The van der Waals surface area contributed by atoms with Crippen molar-refractivity contribution in [3.63, 3.8) is 0 Å². The molecule has 0 aliphatic rings. The molecule has 0 unspecified atom stereocenters. The number of carbonyl (C=O) groups is 1. The summed E-state index contributed by atoms with van der Waals surface area (Å²) in [6.07, 6.45) is 3.72. The van der Waals surface area contributed by atoms with Gasteiger partial charge in [-0.2, -0.15) is 10.2 Å². The lowest BCUT2D eigenvalue weighted by molar-refractivity contribution is 0.0950. The zero-order valence-corrected chi connectivity index (χ0v) is 14.9. The molecule has 0 atom stereocenters. The molecule has 0 bridgehead atoms. The minimum atomic E-state index is -0.344. The van der Waals surface area contributed by atoms with Gasteiger partial charge in [-0.05, 0) is 24.6 Å². The van der Waals surface area contributed by atoms with Crippen molar-refractivity contribution < 1.29 is 4.79 Å². The summed E-state index contributed by atoms with van der Waals surface area (Å²) in [5.74, 6) is -0.344. The maximum atomic E-state index is 12.0. The highest BCUT2D eigenvalue weighted by molar-refractivity contribution is 6.00. The molecular weight excluding hydrogens is 338 g/mol. The largest absolute Gasteiger partial charge is 0.342 e. The van der Waals surface area contributed by atoms with Gasteiger partial charge in [0.25, 0.3) is 5.91 Å². The number of aromatic nitrogens is 3. The van der Waals surface area contributed by atoms with Crippen LogP contribution in [-0.4, -0.2) is 26.9 Å². The zero-order valence-electron chi connectivity index (χ0n) is 14.9. The van der Waals surface area contributed by atoms with E-state index < -0.39 is 0 Å². The minimum absolute atomic E-state index is 0.316. The summed E-state index contributed by atoms with van der Waals surface area (Å²) < 4.78 is 2.19.